The lowest BCUT2D eigenvalue weighted by Crippen LogP contribution is -2.06. The SMILES string of the molecule is CC1C=CC2=C(C=N1)OCCC2. The summed E-state index contributed by atoms with van der Waals surface area (Å²) in [5.74, 6) is 0.974. The van der Waals surface area contributed by atoms with Crippen molar-refractivity contribution in [3.8, 4) is 0 Å². The fourth-order valence-corrected chi connectivity index (χ4v) is 1.44. The minimum atomic E-state index is 0.291. The molecule has 0 aromatic heterocycles. The lowest BCUT2D eigenvalue weighted by Gasteiger charge is -2.15. The highest BCUT2D eigenvalue weighted by molar-refractivity contribution is 5.79. The number of ether oxygens (including phenoxy) is 1. The molecule has 2 aliphatic heterocycles. The average Bonchev–Trinajstić information content (AvgIpc) is 2.29. The van der Waals surface area contributed by atoms with Crippen molar-refractivity contribution in [2.45, 2.75) is 25.8 Å². The Morgan fingerprint density at radius 2 is 2.50 bits per heavy atom. The van der Waals surface area contributed by atoms with Crippen molar-refractivity contribution in [2.75, 3.05) is 6.61 Å². The molecule has 2 rings (SSSR count). The van der Waals surface area contributed by atoms with E-state index in [1.165, 1.54) is 5.57 Å². The second-order valence-corrected chi connectivity index (χ2v) is 3.22. The van der Waals surface area contributed by atoms with E-state index in [1.54, 1.807) is 0 Å². The summed E-state index contributed by atoms with van der Waals surface area (Å²) in [5.41, 5.74) is 1.30. The van der Waals surface area contributed by atoms with E-state index in [4.69, 9.17) is 4.74 Å². The molecule has 1 unspecified atom stereocenters. The standard InChI is InChI=1S/C10H13NO/c1-8-4-5-9-3-2-6-12-10(9)7-11-8/h4-5,7-8H,2-3,6H2,1H3. The molecule has 0 spiro atoms. The predicted octanol–water partition coefficient (Wildman–Crippen LogP) is 2.08. The first kappa shape index (κ1) is 7.59. The zero-order valence-electron chi connectivity index (χ0n) is 7.29. The molecule has 0 aromatic carbocycles. The number of allylic oxidation sites excluding steroid dienone is 3. The predicted molar refractivity (Wildman–Crippen MR) is 49.3 cm³/mol. The number of aliphatic imine (C=N–C) groups is 1. The van der Waals surface area contributed by atoms with E-state index in [0.29, 0.717) is 6.04 Å². The van der Waals surface area contributed by atoms with Crippen LogP contribution >= 0.6 is 0 Å². The van der Waals surface area contributed by atoms with Gasteiger partial charge in [-0.2, -0.15) is 0 Å². The van der Waals surface area contributed by atoms with Crippen LogP contribution in [0.25, 0.3) is 0 Å². The maximum Gasteiger partial charge on any atom is 0.140 e. The first-order chi connectivity index (χ1) is 5.86. The third-order valence-electron chi connectivity index (χ3n) is 2.17. The average molecular weight is 163 g/mol. The monoisotopic (exact) mass is 163 g/mol. The molecule has 0 bridgehead atoms. The normalized spacial score (nSPS) is 27.9. The van der Waals surface area contributed by atoms with E-state index in [1.807, 2.05) is 6.21 Å². The summed E-state index contributed by atoms with van der Waals surface area (Å²) >= 11 is 0. The van der Waals surface area contributed by atoms with Gasteiger partial charge in [-0.3, -0.25) is 4.99 Å². The van der Waals surface area contributed by atoms with Gasteiger partial charge in [-0.05, 0) is 25.3 Å². The Morgan fingerprint density at radius 3 is 3.42 bits per heavy atom. The van der Waals surface area contributed by atoms with Crippen molar-refractivity contribution in [3.63, 3.8) is 0 Å². The molecule has 0 radical (unpaired) electrons. The first-order valence-electron chi connectivity index (χ1n) is 4.43. The summed E-state index contributed by atoms with van der Waals surface area (Å²) in [6.07, 6.45) is 8.38. The van der Waals surface area contributed by atoms with Gasteiger partial charge < -0.3 is 4.74 Å². The minimum absolute atomic E-state index is 0.291. The minimum Gasteiger partial charge on any atom is -0.492 e. The third-order valence-corrected chi connectivity index (χ3v) is 2.17. The highest BCUT2D eigenvalue weighted by atomic mass is 16.5. The molecule has 0 saturated carbocycles. The van der Waals surface area contributed by atoms with Crippen molar-refractivity contribution in [2.24, 2.45) is 4.99 Å². The molecule has 2 heteroatoms. The van der Waals surface area contributed by atoms with Crippen LogP contribution in [0.15, 0.2) is 28.5 Å². The maximum absolute atomic E-state index is 5.49. The van der Waals surface area contributed by atoms with Crippen molar-refractivity contribution < 1.29 is 4.74 Å². The van der Waals surface area contributed by atoms with Crippen LogP contribution in [0, 0.1) is 0 Å². The van der Waals surface area contributed by atoms with E-state index < -0.39 is 0 Å². The Labute approximate surface area is 72.6 Å². The summed E-state index contributed by atoms with van der Waals surface area (Å²) in [6, 6.07) is 0.291. The molecule has 0 fully saturated rings. The molecule has 12 heavy (non-hydrogen) atoms. The van der Waals surface area contributed by atoms with E-state index in [-0.39, 0.29) is 0 Å². The van der Waals surface area contributed by atoms with E-state index in [9.17, 15) is 0 Å². The van der Waals surface area contributed by atoms with Crippen LogP contribution < -0.4 is 0 Å². The van der Waals surface area contributed by atoms with Crippen molar-refractivity contribution in [1.82, 2.24) is 0 Å². The smallest absolute Gasteiger partial charge is 0.140 e. The highest BCUT2D eigenvalue weighted by Crippen LogP contribution is 2.21. The molecule has 0 amide bonds. The summed E-state index contributed by atoms with van der Waals surface area (Å²) in [7, 11) is 0. The molecule has 2 heterocycles. The van der Waals surface area contributed by atoms with Crippen LogP contribution in [0.5, 0.6) is 0 Å². The van der Waals surface area contributed by atoms with E-state index in [2.05, 4.69) is 24.1 Å². The number of rotatable bonds is 0. The number of hydrogen-bond acceptors (Lipinski definition) is 2. The second kappa shape index (κ2) is 3.13. The fourth-order valence-electron chi connectivity index (χ4n) is 1.44. The van der Waals surface area contributed by atoms with Gasteiger partial charge in [0.1, 0.15) is 5.76 Å². The topological polar surface area (TPSA) is 21.6 Å². The van der Waals surface area contributed by atoms with Gasteiger partial charge in [-0.1, -0.05) is 12.2 Å². The van der Waals surface area contributed by atoms with Crippen LogP contribution in [0.1, 0.15) is 19.8 Å². The van der Waals surface area contributed by atoms with Crippen molar-refractivity contribution in [1.29, 1.82) is 0 Å². The van der Waals surface area contributed by atoms with Gasteiger partial charge in [0.05, 0.1) is 18.9 Å². The molecular formula is C10H13NO. The van der Waals surface area contributed by atoms with Crippen LogP contribution in [-0.4, -0.2) is 18.9 Å². The number of hydrogen-bond donors (Lipinski definition) is 0. The van der Waals surface area contributed by atoms with Gasteiger partial charge in [0, 0.05) is 0 Å². The van der Waals surface area contributed by atoms with E-state index in [0.717, 1.165) is 25.2 Å². The molecule has 2 nitrogen and oxygen atoms in total. The van der Waals surface area contributed by atoms with Crippen LogP contribution in [0.4, 0.5) is 0 Å². The summed E-state index contributed by atoms with van der Waals surface area (Å²) in [5, 5.41) is 0. The zero-order chi connectivity index (χ0) is 8.39. The Kier molecular flexibility index (Phi) is 1.98. The number of nitrogens with zero attached hydrogens (tertiary/aromatic N) is 1. The van der Waals surface area contributed by atoms with Crippen LogP contribution in [0.2, 0.25) is 0 Å². The largest absolute Gasteiger partial charge is 0.492 e. The third kappa shape index (κ3) is 1.42. The molecule has 64 valence electrons. The summed E-state index contributed by atoms with van der Waals surface area (Å²) < 4.78 is 5.49. The molecule has 2 aliphatic rings. The van der Waals surface area contributed by atoms with Gasteiger partial charge >= 0.3 is 0 Å². The second-order valence-electron chi connectivity index (χ2n) is 3.22. The summed E-state index contributed by atoms with van der Waals surface area (Å²) in [4.78, 5) is 4.31. The molecular weight excluding hydrogens is 150 g/mol. The molecule has 1 atom stereocenters. The highest BCUT2D eigenvalue weighted by Gasteiger charge is 2.12. The fraction of sp³-hybridized carbons (Fsp3) is 0.500. The molecule has 0 saturated heterocycles. The Hall–Kier alpha value is -1.05. The van der Waals surface area contributed by atoms with Crippen molar-refractivity contribution in [3.05, 3.63) is 23.5 Å². The molecule has 0 aliphatic carbocycles. The van der Waals surface area contributed by atoms with Gasteiger partial charge in [0.25, 0.3) is 0 Å². The van der Waals surface area contributed by atoms with Crippen LogP contribution in [0.3, 0.4) is 0 Å². The molecule has 0 aromatic rings. The van der Waals surface area contributed by atoms with Crippen molar-refractivity contribution >= 4 is 6.21 Å². The zero-order valence-corrected chi connectivity index (χ0v) is 7.29. The lowest BCUT2D eigenvalue weighted by molar-refractivity contribution is 0.210. The maximum atomic E-state index is 5.49. The summed E-state index contributed by atoms with van der Waals surface area (Å²) in [6.45, 7) is 2.92. The Balaban J connectivity index is 2.29. The van der Waals surface area contributed by atoms with Gasteiger partial charge in [-0.25, -0.2) is 0 Å². The Bertz CT molecular complexity index is 237. The first-order valence-corrected chi connectivity index (χ1v) is 4.43. The van der Waals surface area contributed by atoms with E-state index >= 15 is 0 Å². The van der Waals surface area contributed by atoms with Crippen LogP contribution in [-0.2, 0) is 4.74 Å². The van der Waals surface area contributed by atoms with Gasteiger partial charge in [0.2, 0.25) is 0 Å². The lowest BCUT2D eigenvalue weighted by atomic mass is 10.1. The Morgan fingerprint density at radius 1 is 1.58 bits per heavy atom. The van der Waals surface area contributed by atoms with Gasteiger partial charge in [0.15, 0.2) is 0 Å². The quantitative estimate of drug-likeness (QED) is 0.535. The molecule has 0 N–H and O–H groups in total. The van der Waals surface area contributed by atoms with Gasteiger partial charge in [-0.15, -0.1) is 0 Å².